The van der Waals surface area contributed by atoms with E-state index in [0.29, 0.717) is 12.1 Å². The van der Waals surface area contributed by atoms with Crippen molar-refractivity contribution < 1.29 is 14.6 Å². The normalized spacial score (nSPS) is 36.7. The summed E-state index contributed by atoms with van der Waals surface area (Å²) < 4.78 is 5.30. The van der Waals surface area contributed by atoms with Crippen molar-refractivity contribution in [2.45, 2.75) is 44.2 Å². The Kier molecular flexibility index (Phi) is 3.59. The van der Waals surface area contributed by atoms with Gasteiger partial charge < -0.3 is 15.2 Å². The molecule has 0 amide bonds. The molecule has 1 unspecified atom stereocenters. The minimum absolute atomic E-state index is 0.108. The van der Waals surface area contributed by atoms with Crippen molar-refractivity contribution in [3.8, 4) is 0 Å². The summed E-state index contributed by atoms with van der Waals surface area (Å²) in [5.74, 6) is -0.736. The van der Waals surface area contributed by atoms with Crippen LogP contribution in [-0.2, 0) is 9.53 Å². The molecule has 0 bridgehead atoms. The van der Waals surface area contributed by atoms with E-state index in [2.05, 4.69) is 5.32 Å². The van der Waals surface area contributed by atoms with Gasteiger partial charge in [0.1, 0.15) is 0 Å². The first-order valence-electron chi connectivity index (χ1n) is 5.82. The predicted octanol–water partition coefficient (Wildman–Crippen LogP) is 1.01. The summed E-state index contributed by atoms with van der Waals surface area (Å²) >= 11 is 0. The van der Waals surface area contributed by atoms with Gasteiger partial charge in [-0.2, -0.15) is 0 Å². The smallest absolute Gasteiger partial charge is 0.306 e. The average molecular weight is 213 g/mol. The highest BCUT2D eigenvalue weighted by molar-refractivity contribution is 5.70. The fourth-order valence-electron chi connectivity index (χ4n) is 2.51. The molecule has 2 aliphatic rings. The number of aliphatic carboxylic acids is 1. The van der Waals surface area contributed by atoms with Crippen LogP contribution in [0.15, 0.2) is 0 Å². The lowest BCUT2D eigenvalue weighted by Crippen LogP contribution is -2.41. The molecule has 1 atom stereocenters. The van der Waals surface area contributed by atoms with Gasteiger partial charge >= 0.3 is 5.97 Å². The van der Waals surface area contributed by atoms with Gasteiger partial charge in [-0.05, 0) is 32.1 Å². The van der Waals surface area contributed by atoms with E-state index in [9.17, 15) is 4.79 Å². The number of nitrogens with one attached hydrogen (secondary N) is 1. The summed E-state index contributed by atoms with van der Waals surface area (Å²) in [4.78, 5) is 10.8. The highest BCUT2D eigenvalue weighted by Gasteiger charge is 2.27. The Morgan fingerprint density at radius 2 is 1.87 bits per heavy atom. The van der Waals surface area contributed by atoms with Crippen LogP contribution in [0, 0.1) is 5.92 Å². The first-order chi connectivity index (χ1) is 7.25. The fraction of sp³-hybridized carbons (Fsp3) is 0.909. The number of rotatable bonds is 3. The molecular formula is C11H19NO3. The van der Waals surface area contributed by atoms with E-state index in [1.807, 2.05) is 0 Å². The molecule has 4 heteroatoms. The maximum Gasteiger partial charge on any atom is 0.306 e. The zero-order chi connectivity index (χ0) is 10.7. The standard InChI is InChI=1S/C11H19NO3/c13-11(14)8-1-3-9(4-2-8)12-10-5-6-15-7-10/h8-10,12H,1-7H2,(H,13,14). The number of carbonyl (C=O) groups is 1. The van der Waals surface area contributed by atoms with E-state index in [0.717, 1.165) is 45.3 Å². The zero-order valence-electron chi connectivity index (χ0n) is 8.95. The molecule has 2 rings (SSSR count). The zero-order valence-corrected chi connectivity index (χ0v) is 8.95. The van der Waals surface area contributed by atoms with Crippen LogP contribution in [0.4, 0.5) is 0 Å². The minimum Gasteiger partial charge on any atom is -0.481 e. The van der Waals surface area contributed by atoms with Crippen LogP contribution >= 0.6 is 0 Å². The lowest BCUT2D eigenvalue weighted by atomic mass is 9.86. The fourth-order valence-corrected chi connectivity index (χ4v) is 2.51. The third kappa shape index (κ3) is 2.92. The second-order valence-corrected chi connectivity index (χ2v) is 4.61. The van der Waals surface area contributed by atoms with Crippen molar-refractivity contribution in [2.75, 3.05) is 13.2 Å². The minimum atomic E-state index is -0.627. The molecule has 1 saturated heterocycles. The van der Waals surface area contributed by atoms with Gasteiger partial charge in [0.25, 0.3) is 0 Å². The molecule has 0 aromatic heterocycles. The highest BCUT2D eigenvalue weighted by Crippen LogP contribution is 2.25. The largest absolute Gasteiger partial charge is 0.481 e. The molecule has 15 heavy (non-hydrogen) atoms. The maximum atomic E-state index is 10.8. The van der Waals surface area contributed by atoms with E-state index in [4.69, 9.17) is 9.84 Å². The Hall–Kier alpha value is -0.610. The summed E-state index contributed by atoms with van der Waals surface area (Å²) in [5.41, 5.74) is 0. The van der Waals surface area contributed by atoms with Gasteiger partial charge in [0.2, 0.25) is 0 Å². The summed E-state index contributed by atoms with van der Waals surface area (Å²) in [6.07, 6.45) is 4.72. The van der Waals surface area contributed by atoms with Crippen LogP contribution in [-0.4, -0.2) is 36.4 Å². The van der Waals surface area contributed by atoms with Gasteiger partial charge in [0.15, 0.2) is 0 Å². The lowest BCUT2D eigenvalue weighted by molar-refractivity contribution is -0.142. The van der Waals surface area contributed by atoms with Gasteiger partial charge in [-0.25, -0.2) is 0 Å². The van der Waals surface area contributed by atoms with E-state index in [1.54, 1.807) is 0 Å². The van der Waals surface area contributed by atoms with Crippen molar-refractivity contribution >= 4 is 5.97 Å². The van der Waals surface area contributed by atoms with Crippen LogP contribution in [0.1, 0.15) is 32.1 Å². The highest BCUT2D eigenvalue weighted by atomic mass is 16.5. The Labute approximate surface area is 90.0 Å². The third-order valence-electron chi connectivity index (χ3n) is 3.48. The number of hydrogen-bond acceptors (Lipinski definition) is 3. The topological polar surface area (TPSA) is 58.6 Å². The molecule has 0 radical (unpaired) electrons. The SMILES string of the molecule is O=C(O)C1CCC(NC2CCOC2)CC1. The molecule has 1 saturated carbocycles. The predicted molar refractivity (Wildman–Crippen MR) is 55.7 cm³/mol. The summed E-state index contributed by atoms with van der Waals surface area (Å²) in [6, 6.07) is 1.00. The monoisotopic (exact) mass is 213 g/mol. The van der Waals surface area contributed by atoms with Crippen molar-refractivity contribution in [1.82, 2.24) is 5.32 Å². The van der Waals surface area contributed by atoms with E-state index < -0.39 is 5.97 Å². The van der Waals surface area contributed by atoms with Crippen molar-refractivity contribution in [3.05, 3.63) is 0 Å². The molecule has 1 heterocycles. The maximum absolute atomic E-state index is 10.8. The van der Waals surface area contributed by atoms with E-state index >= 15 is 0 Å². The van der Waals surface area contributed by atoms with Gasteiger partial charge in [0.05, 0.1) is 12.5 Å². The quantitative estimate of drug-likeness (QED) is 0.734. The van der Waals surface area contributed by atoms with Crippen LogP contribution < -0.4 is 5.32 Å². The molecule has 2 fully saturated rings. The van der Waals surface area contributed by atoms with Crippen LogP contribution in [0.2, 0.25) is 0 Å². The van der Waals surface area contributed by atoms with Crippen molar-refractivity contribution in [1.29, 1.82) is 0 Å². The van der Waals surface area contributed by atoms with E-state index in [1.165, 1.54) is 0 Å². The Balaban J connectivity index is 1.71. The molecule has 0 spiro atoms. The van der Waals surface area contributed by atoms with Crippen LogP contribution in [0.25, 0.3) is 0 Å². The lowest BCUT2D eigenvalue weighted by Gasteiger charge is -2.28. The Morgan fingerprint density at radius 1 is 1.13 bits per heavy atom. The second kappa shape index (κ2) is 4.94. The number of carboxylic acid groups (broad SMARTS) is 1. The van der Waals surface area contributed by atoms with Gasteiger partial charge in [-0.15, -0.1) is 0 Å². The molecule has 1 aliphatic carbocycles. The summed E-state index contributed by atoms with van der Waals surface area (Å²) in [7, 11) is 0. The van der Waals surface area contributed by atoms with Crippen LogP contribution in [0.3, 0.4) is 0 Å². The molecule has 1 aliphatic heterocycles. The van der Waals surface area contributed by atoms with Gasteiger partial charge in [-0.1, -0.05) is 0 Å². The van der Waals surface area contributed by atoms with Gasteiger partial charge in [-0.3, -0.25) is 4.79 Å². The first-order valence-corrected chi connectivity index (χ1v) is 5.82. The van der Waals surface area contributed by atoms with Crippen LogP contribution in [0.5, 0.6) is 0 Å². The average Bonchev–Trinajstić information content (AvgIpc) is 2.71. The third-order valence-corrected chi connectivity index (χ3v) is 3.48. The molecular weight excluding hydrogens is 194 g/mol. The van der Waals surface area contributed by atoms with Crippen molar-refractivity contribution in [3.63, 3.8) is 0 Å². The first kappa shape index (κ1) is 10.9. The Bertz CT molecular complexity index is 218. The number of carboxylic acids is 1. The molecule has 0 aromatic rings. The molecule has 86 valence electrons. The second-order valence-electron chi connectivity index (χ2n) is 4.61. The summed E-state index contributed by atoms with van der Waals surface area (Å²) in [5, 5.41) is 12.4. The molecule has 0 aromatic carbocycles. The number of ether oxygens (including phenoxy) is 1. The van der Waals surface area contributed by atoms with Crippen molar-refractivity contribution in [2.24, 2.45) is 5.92 Å². The Morgan fingerprint density at radius 3 is 2.40 bits per heavy atom. The number of hydrogen-bond donors (Lipinski definition) is 2. The van der Waals surface area contributed by atoms with Gasteiger partial charge in [0, 0.05) is 18.7 Å². The molecule has 4 nitrogen and oxygen atoms in total. The summed E-state index contributed by atoms with van der Waals surface area (Å²) in [6.45, 7) is 1.68. The van der Waals surface area contributed by atoms with E-state index in [-0.39, 0.29) is 5.92 Å². The molecule has 2 N–H and O–H groups in total.